The molecule has 1 fully saturated rings. The van der Waals surface area contributed by atoms with Gasteiger partial charge in [-0.3, -0.25) is 9.58 Å². The van der Waals surface area contributed by atoms with Crippen LogP contribution in [0.5, 0.6) is 0 Å². The van der Waals surface area contributed by atoms with Gasteiger partial charge in [0.25, 0.3) is 0 Å². The van der Waals surface area contributed by atoms with Crippen LogP contribution in [0.15, 0.2) is 0 Å². The van der Waals surface area contributed by atoms with Crippen LogP contribution in [0.3, 0.4) is 0 Å². The number of nitrogens with zero attached hydrogens (tertiary/aromatic N) is 3. The van der Waals surface area contributed by atoms with Gasteiger partial charge >= 0.3 is 0 Å². The van der Waals surface area contributed by atoms with Gasteiger partial charge in [-0.15, -0.1) is 0 Å². The topological polar surface area (TPSA) is 47.1 Å². The Morgan fingerprint density at radius 3 is 2.75 bits per heavy atom. The second kappa shape index (κ2) is 6.72. The summed E-state index contributed by atoms with van der Waals surface area (Å²) in [6, 6.07) is 0.468. The van der Waals surface area contributed by atoms with Gasteiger partial charge in [0.1, 0.15) is 0 Å². The van der Waals surface area contributed by atoms with Gasteiger partial charge < -0.3 is 5.73 Å². The number of piperidine rings is 1. The Balaban J connectivity index is 2.14. The number of likely N-dealkylation sites (tertiary alicyclic amines) is 1. The summed E-state index contributed by atoms with van der Waals surface area (Å²) < 4.78 is 2.13. The Morgan fingerprint density at radius 2 is 2.15 bits per heavy atom. The molecular weight excluding hydrogens is 248 g/mol. The van der Waals surface area contributed by atoms with Crippen molar-refractivity contribution >= 4 is 0 Å². The van der Waals surface area contributed by atoms with E-state index in [9.17, 15) is 0 Å². The Morgan fingerprint density at radius 1 is 1.40 bits per heavy atom. The van der Waals surface area contributed by atoms with E-state index in [-0.39, 0.29) is 0 Å². The maximum atomic E-state index is 5.73. The van der Waals surface area contributed by atoms with Crippen LogP contribution < -0.4 is 5.73 Å². The zero-order valence-electron chi connectivity index (χ0n) is 13.5. The molecule has 0 spiro atoms. The minimum Gasteiger partial charge on any atom is -0.330 e. The summed E-state index contributed by atoms with van der Waals surface area (Å²) in [4.78, 5) is 2.63. The molecule has 1 aromatic heterocycles. The maximum Gasteiger partial charge on any atom is 0.0644 e. The van der Waals surface area contributed by atoms with E-state index in [0.717, 1.165) is 25.4 Å². The third-order valence-electron chi connectivity index (χ3n) is 4.83. The van der Waals surface area contributed by atoms with Crippen LogP contribution in [0.4, 0.5) is 0 Å². The summed E-state index contributed by atoms with van der Waals surface area (Å²) in [6.45, 7) is 13.0. The highest BCUT2D eigenvalue weighted by atomic mass is 15.3. The van der Waals surface area contributed by atoms with Crippen molar-refractivity contribution in [1.29, 1.82) is 0 Å². The van der Waals surface area contributed by atoms with Gasteiger partial charge in [-0.1, -0.05) is 0 Å². The lowest BCUT2D eigenvalue weighted by atomic mass is 9.92. The van der Waals surface area contributed by atoms with Gasteiger partial charge in [-0.25, -0.2) is 0 Å². The minimum atomic E-state index is 0.468. The molecule has 0 saturated carbocycles. The molecule has 114 valence electrons. The van der Waals surface area contributed by atoms with E-state index >= 15 is 0 Å². The van der Waals surface area contributed by atoms with Gasteiger partial charge in [0.2, 0.25) is 0 Å². The third-order valence-corrected chi connectivity index (χ3v) is 4.83. The quantitative estimate of drug-likeness (QED) is 0.900. The summed E-state index contributed by atoms with van der Waals surface area (Å²) in [5.41, 5.74) is 9.68. The van der Waals surface area contributed by atoms with Gasteiger partial charge in [0.05, 0.1) is 5.69 Å². The lowest BCUT2D eigenvalue weighted by Gasteiger charge is -2.37. The fourth-order valence-electron chi connectivity index (χ4n) is 3.73. The van der Waals surface area contributed by atoms with Gasteiger partial charge in [0.15, 0.2) is 0 Å². The first-order valence-corrected chi connectivity index (χ1v) is 8.06. The Kier molecular flexibility index (Phi) is 5.22. The summed E-state index contributed by atoms with van der Waals surface area (Å²) in [6.07, 6.45) is 3.80. The van der Waals surface area contributed by atoms with Crippen molar-refractivity contribution in [3.05, 3.63) is 17.0 Å². The molecule has 0 aromatic carbocycles. The number of rotatable bonds is 5. The number of hydrogen-bond acceptors (Lipinski definition) is 3. The first-order valence-electron chi connectivity index (χ1n) is 8.06. The summed E-state index contributed by atoms with van der Waals surface area (Å²) in [5, 5.41) is 4.67. The van der Waals surface area contributed by atoms with E-state index in [4.69, 9.17) is 5.73 Å². The molecule has 1 aromatic rings. The largest absolute Gasteiger partial charge is 0.330 e. The van der Waals surface area contributed by atoms with Crippen LogP contribution in [0.2, 0.25) is 0 Å². The zero-order valence-corrected chi connectivity index (χ0v) is 13.5. The Hall–Kier alpha value is -0.870. The van der Waals surface area contributed by atoms with Crippen LogP contribution in [0.1, 0.15) is 56.1 Å². The zero-order chi connectivity index (χ0) is 14.7. The number of aryl methyl sites for hydroxylation is 2. The smallest absolute Gasteiger partial charge is 0.0644 e. The lowest BCUT2D eigenvalue weighted by Crippen LogP contribution is -2.38. The first-order chi connectivity index (χ1) is 9.58. The van der Waals surface area contributed by atoms with Crippen molar-refractivity contribution in [2.24, 2.45) is 11.7 Å². The standard InChI is InChI=1S/C16H30N4/c1-5-20-14(4)16(12(2)18-20)13(3)19-10-6-7-15(11-19)8-9-17/h13,15H,5-11,17H2,1-4H3. The van der Waals surface area contributed by atoms with Crippen molar-refractivity contribution < 1.29 is 0 Å². The van der Waals surface area contributed by atoms with Crippen LogP contribution in [-0.4, -0.2) is 34.3 Å². The van der Waals surface area contributed by atoms with E-state index < -0.39 is 0 Å². The maximum absolute atomic E-state index is 5.73. The molecule has 0 bridgehead atoms. The molecular formula is C16H30N4. The van der Waals surface area contributed by atoms with E-state index in [1.807, 2.05) is 0 Å². The molecule has 2 heterocycles. The molecule has 2 rings (SSSR count). The molecule has 2 atom stereocenters. The molecule has 0 aliphatic carbocycles. The Labute approximate surface area is 123 Å². The highest BCUT2D eigenvalue weighted by Crippen LogP contribution is 2.31. The molecule has 0 amide bonds. The van der Waals surface area contributed by atoms with Crippen LogP contribution in [-0.2, 0) is 6.54 Å². The predicted molar refractivity (Wildman–Crippen MR) is 83.8 cm³/mol. The van der Waals surface area contributed by atoms with Crippen LogP contribution in [0.25, 0.3) is 0 Å². The molecule has 1 aliphatic heterocycles. The fraction of sp³-hybridized carbons (Fsp3) is 0.812. The SMILES string of the molecule is CCn1nc(C)c(C(C)N2CCCC(CCN)C2)c1C. The number of nitrogens with two attached hydrogens (primary N) is 1. The molecule has 20 heavy (non-hydrogen) atoms. The van der Waals surface area contributed by atoms with Crippen molar-refractivity contribution in [2.45, 2.75) is 59.5 Å². The van der Waals surface area contributed by atoms with Gasteiger partial charge in [0, 0.05) is 30.4 Å². The van der Waals surface area contributed by atoms with E-state index in [1.54, 1.807) is 0 Å². The second-order valence-electron chi connectivity index (χ2n) is 6.16. The van der Waals surface area contributed by atoms with Crippen molar-refractivity contribution in [3.63, 3.8) is 0 Å². The van der Waals surface area contributed by atoms with Crippen molar-refractivity contribution in [1.82, 2.24) is 14.7 Å². The van der Waals surface area contributed by atoms with E-state index in [0.29, 0.717) is 6.04 Å². The summed E-state index contributed by atoms with van der Waals surface area (Å²) >= 11 is 0. The van der Waals surface area contributed by atoms with Gasteiger partial charge in [-0.05, 0) is 66.0 Å². The summed E-state index contributed by atoms with van der Waals surface area (Å²) in [7, 11) is 0. The summed E-state index contributed by atoms with van der Waals surface area (Å²) in [5.74, 6) is 0.776. The molecule has 2 N–H and O–H groups in total. The minimum absolute atomic E-state index is 0.468. The lowest BCUT2D eigenvalue weighted by molar-refractivity contribution is 0.127. The number of hydrogen-bond donors (Lipinski definition) is 1. The van der Waals surface area contributed by atoms with Gasteiger partial charge in [-0.2, -0.15) is 5.10 Å². The molecule has 4 heteroatoms. The molecule has 2 unspecified atom stereocenters. The highest BCUT2D eigenvalue weighted by Gasteiger charge is 2.27. The monoisotopic (exact) mass is 278 g/mol. The molecule has 4 nitrogen and oxygen atoms in total. The fourth-order valence-corrected chi connectivity index (χ4v) is 3.73. The highest BCUT2D eigenvalue weighted by molar-refractivity contribution is 5.28. The van der Waals surface area contributed by atoms with E-state index in [1.165, 1.54) is 42.9 Å². The predicted octanol–water partition coefficient (Wildman–Crippen LogP) is 2.64. The number of aromatic nitrogens is 2. The molecule has 0 radical (unpaired) electrons. The third kappa shape index (κ3) is 3.07. The average Bonchev–Trinajstić information content (AvgIpc) is 2.73. The first kappa shape index (κ1) is 15.5. The van der Waals surface area contributed by atoms with E-state index in [2.05, 4.69) is 42.4 Å². The van der Waals surface area contributed by atoms with Crippen LogP contribution >= 0.6 is 0 Å². The average molecular weight is 278 g/mol. The molecule has 1 aliphatic rings. The molecule has 1 saturated heterocycles. The normalized spacial score (nSPS) is 22.1. The Bertz CT molecular complexity index is 436. The van der Waals surface area contributed by atoms with Crippen molar-refractivity contribution in [2.75, 3.05) is 19.6 Å². The van der Waals surface area contributed by atoms with Crippen LogP contribution in [0, 0.1) is 19.8 Å². The second-order valence-corrected chi connectivity index (χ2v) is 6.16. The van der Waals surface area contributed by atoms with Crippen molar-refractivity contribution in [3.8, 4) is 0 Å².